The minimum Gasteiger partial charge on any atom is -0.352 e. The van der Waals surface area contributed by atoms with Gasteiger partial charge in [0.05, 0.1) is 0 Å². The number of hydrogen-bond acceptors (Lipinski definition) is 3. The second-order valence-corrected chi connectivity index (χ2v) is 4.69. The van der Waals surface area contributed by atoms with E-state index in [1.807, 2.05) is 12.1 Å². The molecule has 0 atom stereocenters. The van der Waals surface area contributed by atoms with Crippen molar-refractivity contribution >= 4 is 5.91 Å². The van der Waals surface area contributed by atoms with Gasteiger partial charge >= 0.3 is 0 Å². The van der Waals surface area contributed by atoms with E-state index in [1.54, 1.807) is 12.4 Å². The van der Waals surface area contributed by atoms with Crippen LogP contribution in [0.15, 0.2) is 24.5 Å². The quantitative estimate of drug-likeness (QED) is 0.824. The van der Waals surface area contributed by atoms with Gasteiger partial charge in [-0.05, 0) is 37.3 Å². The zero-order valence-corrected chi connectivity index (χ0v) is 9.93. The summed E-state index contributed by atoms with van der Waals surface area (Å²) in [6.45, 7) is 0.565. The monoisotopic (exact) mass is 233 g/mol. The molecule has 4 heteroatoms. The van der Waals surface area contributed by atoms with E-state index in [9.17, 15) is 4.79 Å². The van der Waals surface area contributed by atoms with Crippen molar-refractivity contribution in [2.24, 2.45) is 11.7 Å². The third-order valence-electron chi connectivity index (χ3n) is 3.33. The second kappa shape index (κ2) is 5.77. The minimum atomic E-state index is 0.145. The van der Waals surface area contributed by atoms with E-state index in [4.69, 9.17) is 5.73 Å². The van der Waals surface area contributed by atoms with Crippen molar-refractivity contribution in [3.63, 3.8) is 0 Å². The maximum Gasteiger partial charge on any atom is 0.223 e. The van der Waals surface area contributed by atoms with E-state index in [1.165, 1.54) is 0 Å². The van der Waals surface area contributed by atoms with Gasteiger partial charge in [-0.3, -0.25) is 9.78 Å². The Balaban J connectivity index is 1.78. The van der Waals surface area contributed by atoms with Crippen molar-refractivity contribution in [3.8, 4) is 0 Å². The van der Waals surface area contributed by atoms with Crippen molar-refractivity contribution in [3.05, 3.63) is 30.1 Å². The van der Waals surface area contributed by atoms with Crippen LogP contribution in [0.4, 0.5) is 0 Å². The molecule has 1 amide bonds. The summed E-state index contributed by atoms with van der Waals surface area (Å²) < 4.78 is 0. The lowest BCUT2D eigenvalue weighted by molar-refractivity contribution is -0.126. The fourth-order valence-electron chi connectivity index (χ4n) is 2.22. The zero-order valence-electron chi connectivity index (χ0n) is 9.93. The molecule has 1 aliphatic carbocycles. The molecule has 0 unspecified atom stereocenters. The number of carbonyl (C=O) groups excluding carboxylic acids is 1. The number of pyridine rings is 1. The van der Waals surface area contributed by atoms with Gasteiger partial charge in [0.25, 0.3) is 0 Å². The van der Waals surface area contributed by atoms with Crippen LogP contribution in [-0.4, -0.2) is 16.9 Å². The highest BCUT2D eigenvalue weighted by atomic mass is 16.1. The standard InChI is InChI=1S/C13H19N3O/c14-12-5-3-11(4-6-12)13(17)16-9-10-2-1-7-15-8-10/h1-2,7-8,11-12H,3-6,9,14H2,(H,16,17). The molecule has 17 heavy (non-hydrogen) atoms. The third-order valence-corrected chi connectivity index (χ3v) is 3.33. The highest BCUT2D eigenvalue weighted by Gasteiger charge is 2.24. The molecule has 0 aliphatic heterocycles. The number of amides is 1. The van der Waals surface area contributed by atoms with Crippen LogP contribution in [0.3, 0.4) is 0 Å². The summed E-state index contributed by atoms with van der Waals surface area (Å²) >= 11 is 0. The Bertz CT molecular complexity index is 358. The molecule has 1 saturated carbocycles. The molecule has 1 aromatic heterocycles. The number of rotatable bonds is 3. The average Bonchev–Trinajstić information content (AvgIpc) is 2.38. The van der Waals surface area contributed by atoms with Crippen LogP contribution in [-0.2, 0) is 11.3 Å². The molecule has 1 fully saturated rings. The van der Waals surface area contributed by atoms with Crippen molar-refractivity contribution < 1.29 is 4.79 Å². The lowest BCUT2D eigenvalue weighted by Gasteiger charge is -2.25. The first kappa shape index (κ1) is 12.0. The molecule has 0 radical (unpaired) electrons. The number of nitrogens with one attached hydrogen (secondary N) is 1. The number of nitrogens with two attached hydrogens (primary N) is 1. The molecule has 1 aliphatic rings. The second-order valence-electron chi connectivity index (χ2n) is 4.69. The molecular weight excluding hydrogens is 214 g/mol. The minimum absolute atomic E-state index is 0.145. The van der Waals surface area contributed by atoms with Crippen LogP contribution in [0.2, 0.25) is 0 Å². The highest BCUT2D eigenvalue weighted by molar-refractivity contribution is 5.78. The summed E-state index contributed by atoms with van der Waals surface area (Å²) in [6, 6.07) is 4.13. The van der Waals surface area contributed by atoms with Crippen LogP contribution in [0.25, 0.3) is 0 Å². The number of carbonyl (C=O) groups is 1. The Hall–Kier alpha value is -1.42. The normalized spacial score (nSPS) is 24.3. The molecular formula is C13H19N3O. The maximum atomic E-state index is 11.9. The van der Waals surface area contributed by atoms with E-state index in [2.05, 4.69) is 10.3 Å². The molecule has 2 rings (SSSR count). The zero-order chi connectivity index (χ0) is 12.1. The lowest BCUT2D eigenvalue weighted by Crippen LogP contribution is -2.35. The van der Waals surface area contributed by atoms with Crippen LogP contribution >= 0.6 is 0 Å². The molecule has 4 nitrogen and oxygen atoms in total. The number of hydrogen-bond donors (Lipinski definition) is 2. The van der Waals surface area contributed by atoms with Crippen LogP contribution in [0.5, 0.6) is 0 Å². The number of nitrogens with zero attached hydrogens (tertiary/aromatic N) is 1. The summed E-state index contributed by atoms with van der Waals surface area (Å²) in [7, 11) is 0. The lowest BCUT2D eigenvalue weighted by atomic mass is 9.86. The van der Waals surface area contributed by atoms with Crippen molar-refractivity contribution in [2.45, 2.75) is 38.3 Å². The molecule has 1 aromatic rings. The summed E-state index contributed by atoms with van der Waals surface area (Å²) in [5.74, 6) is 0.298. The summed E-state index contributed by atoms with van der Waals surface area (Å²) in [5.41, 5.74) is 6.86. The van der Waals surface area contributed by atoms with Crippen molar-refractivity contribution in [2.75, 3.05) is 0 Å². The van der Waals surface area contributed by atoms with Crippen LogP contribution in [0.1, 0.15) is 31.2 Å². The van der Waals surface area contributed by atoms with Gasteiger partial charge in [-0.25, -0.2) is 0 Å². The Morgan fingerprint density at radius 3 is 2.82 bits per heavy atom. The van der Waals surface area contributed by atoms with Crippen LogP contribution < -0.4 is 11.1 Å². The van der Waals surface area contributed by atoms with E-state index in [0.29, 0.717) is 6.54 Å². The molecule has 0 bridgehead atoms. The fourth-order valence-corrected chi connectivity index (χ4v) is 2.22. The van der Waals surface area contributed by atoms with E-state index < -0.39 is 0 Å². The Morgan fingerprint density at radius 1 is 1.41 bits per heavy atom. The van der Waals surface area contributed by atoms with E-state index >= 15 is 0 Å². The Kier molecular flexibility index (Phi) is 4.09. The van der Waals surface area contributed by atoms with E-state index in [-0.39, 0.29) is 17.9 Å². The smallest absolute Gasteiger partial charge is 0.223 e. The van der Waals surface area contributed by atoms with Gasteiger partial charge in [0.1, 0.15) is 0 Å². The average molecular weight is 233 g/mol. The predicted molar refractivity (Wildman–Crippen MR) is 66.0 cm³/mol. The van der Waals surface area contributed by atoms with Crippen molar-refractivity contribution in [1.29, 1.82) is 0 Å². The largest absolute Gasteiger partial charge is 0.352 e. The molecule has 0 aromatic carbocycles. The van der Waals surface area contributed by atoms with Gasteiger partial charge in [0.15, 0.2) is 0 Å². The van der Waals surface area contributed by atoms with Crippen LogP contribution in [0, 0.1) is 5.92 Å². The predicted octanol–water partition coefficient (Wildman–Crippen LogP) is 1.22. The fraction of sp³-hybridized carbons (Fsp3) is 0.538. The molecule has 0 spiro atoms. The van der Waals surface area contributed by atoms with E-state index in [0.717, 1.165) is 31.2 Å². The van der Waals surface area contributed by atoms with Crippen molar-refractivity contribution in [1.82, 2.24) is 10.3 Å². The molecule has 0 saturated heterocycles. The first-order valence-corrected chi connectivity index (χ1v) is 6.18. The maximum absolute atomic E-state index is 11.9. The Labute approximate surface area is 102 Å². The third kappa shape index (κ3) is 3.53. The SMILES string of the molecule is NC1CCC(C(=O)NCc2cccnc2)CC1. The highest BCUT2D eigenvalue weighted by Crippen LogP contribution is 2.23. The molecule has 92 valence electrons. The summed E-state index contributed by atoms with van der Waals surface area (Å²) in [4.78, 5) is 15.9. The van der Waals surface area contributed by atoms with Gasteiger partial charge in [0.2, 0.25) is 5.91 Å². The summed E-state index contributed by atoms with van der Waals surface area (Å²) in [6.07, 6.45) is 7.26. The Morgan fingerprint density at radius 2 is 2.18 bits per heavy atom. The van der Waals surface area contributed by atoms with Gasteiger partial charge in [-0.1, -0.05) is 6.07 Å². The van der Waals surface area contributed by atoms with Gasteiger partial charge in [-0.2, -0.15) is 0 Å². The topological polar surface area (TPSA) is 68.0 Å². The van der Waals surface area contributed by atoms with Gasteiger partial charge in [0, 0.05) is 30.9 Å². The summed E-state index contributed by atoms with van der Waals surface area (Å²) in [5, 5.41) is 2.96. The molecule has 3 N–H and O–H groups in total. The number of aromatic nitrogens is 1. The first-order valence-electron chi connectivity index (χ1n) is 6.18. The van der Waals surface area contributed by atoms with Gasteiger partial charge in [-0.15, -0.1) is 0 Å². The molecule has 1 heterocycles. The van der Waals surface area contributed by atoms with Gasteiger partial charge < -0.3 is 11.1 Å². The first-order chi connectivity index (χ1) is 8.25.